The first kappa shape index (κ1) is 23.0. The fraction of sp³-hybridized carbons (Fsp3) is 0.316. The van der Waals surface area contributed by atoms with E-state index in [-0.39, 0.29) is 26.2 Å². The quantitative estimate of drug-likeness (QED) is 0.827. The van der Waals surface area contributed by atoms with Crippen molar-refractivity contribution < 1.29 is 23.4 Å². The van der Waals surface area contributed by atoms with Crippen LogP contribution in [0.4, 0.5) is 8.78 Å². The zero-order valence-electron chi connectivity index (χ0n) is 14.1. The smallest absolute Gasteiger partial charge is 0.263 e. The monoisotopic (exact) mass is 398 g/mol. The predicted molar refractivity (Wildman–Crippen MR) is 103 cm³/mol. The van der Waals surface area contributed by atoms with Crippen molar-refractivity contribution in [3.05, 3.63) is 71.8 Å². The molecule has 1 aliphatic heterocycles. The first-order valence-electron chi connectivity index (χ1n) is 7.85. The molecule has 3 rings (SSSR count). The summed E-state index contributed by atoms with van der Waals surface area (Å²) < 4.78 is 31.7. The SMILES string of the molecule is C.COCC(=O)N1NC(c2cc(F)ccc2F)SC1CO.c1ccccc1. The number of hydrazine groups is 1. The summed E-state index contributed by atoms with van der Waals surface area (Å²) >= 11 is 1.13. The molecule has 5 nitrogen and oxygen atoms in total. The van der Waals surface area contributed by atoms with E-state index >= 15 is 0 Å². The van der Waals surface area contributed by atoms with Gasteiger partial charge in [0.25, 0.3) is 5.91 Å². The van der Waals surface area contributed by atoms with Gasteiger partial charge >= 0.3 is 0 Å². The average Bonchev–Trinajstić information content (AvgIpc) is 3.10. The van der Waals surface area contributed by atoms with Crippen LogP contribution in [0, 0.1) is 11.6 Å². The highest BCUT2D eigenvalue weighted by Crippen LogP contribution is 2.38. The fourth-order valence-electron chi connectivity index (χ4n) is 2.25. The van der Waals surface area contributed by atoms with Crippen LogP contribution in [0.15, 0.2) is 54.6 Å². The van der Waals surface area contributed by atoms with E-state index in [1.807, 2.05) is 36.4 Å². The van der Waals surface area contributed by atoms with Crippen molar-refractivity contribution in [2.45, 2.75) is 18.2 Å². The number of thioether (sulfide) groups is 1. The summed E-state index contributed by atoms with van der Waals surface area (Å²) in [6, 6.07) is 15.1. The second-order valence-electron chi connectivity index (χ2n) is 5.30. The predicted octanol–water partition coefficient (Wildman–Crippen LogP) is 3.33. The molecule has 0 aromatic heterocycles. The zero-order chi connectivity index (χ0) is 18.9. The number of ether oxygens (including phenoxy) is 1. The highest BCUT2D eigenvalue weighted by molar-refractivity contribution is 8.00. The number of aliphatic hydroxyl groups is 1. The van der Waals surface area contributed by atoms with E-state index in [0.717, 1.165) is 30.0 Å². The van der Waals surface area contributed by atoms with Crippen molar-refractivity contribution in [2.75, 3.05) is 20.3 Å². The van der Waals surface area contributed by atoms with Crippen LogP contribution in [0.5, 0.6) is 0 Å². The number of aliphatic hydroxyl groups excluding tert-OH is 1. The molecule has 0 aliphatic carbocycles. The molecule has 27 heavy (non-hydrogen) atoms. The van der Waals surface area contributed by atoms with Crippen LogP contribution in [0.1, 0.15) is 18.4 Å². The van der Waals surface area contributed by atoms with E-state index in [1.165, 1.54) is 12.1 Å². The molecule has 2 aromatic carbocycles. The lowest BCUT2D eigenvalue weighted by molar-refractivity contribution is -0.139. The molecule has 1 fully saturated rings. The summed E-state index contributed by atoms with van der Waals surface area (Å²) in [7, 11) is 1.37. The summed E-state index contributed by atoms with van der Waals surface area (Å²) in [4.78, 5) is 11.8. The summed E-state index contributed by atoms with van der Waals surface area (Å²) in [5.41, 5.74) is 2.86. The molecular weight excluding hydrogens is 374 g/mol. The first-order chi connectivity index (χ1) is 12.6. The lowest BCUT2D eigenvalue weighted by Crippen LogP contribution is -2.45. The van der Waals surface area contributed by atoms with E-state index in [4.69, 9.17) is 4.74 Å². The average molecular weight is 398 g/mol. The molecule has 2 atom stereocenters. The number of amides is 1. The number of hydrogen-bond donors (Lipinski definition) is 2. The molecule has 1 amide bonds. The zero-order valence-corrected chi connectivity index (χ0v) is 15.0. The van der Waals surface area contributed by atoms with Crippen LogP contribution in [0.3, 0.4) is 0 Å². The van der Waals surface area contributed by atoms with Crippen LogP contribution in [-0.2, 0) is 9.53 Å². The summed E-state index contributed by atoms with van der Waals surface area (Å²) in [6.45, 7) is -0.469. The summed E-state index contributed by atoms with van der Waals surface area (Å²) in [6.07, 6.45) is 0. The van der Waals surface area contributed by atoms with Crippen molar-refractivity contribution in [1.82, 2.24) is 10.4 Å². The van der Waals surface area contributed by atoms with Crippen molar-refractivity contribution >= 4 is 17.7 Å². The standard InChI is InChI=1S/C12H14F2N2O3S.C6H6.CH4/c1-19-6-10(18)16-11(5-17)20-12(15-16)8-4-7(13)2-3-9(8)14;1-2-4-6-5-3-1;/h2-4,11-12,15,17H,5-6H2,1H3;1-6H;1H4. The molecule has 1 heterocycles. The molecule has 8 heteroatoms. The third-order valence-corrected chi connectivity index (χ3v) is 4.74. The van der Waals surface area contributed by atoms with E-state index < -0.39 is 28.3 Å². The summed E-state index contributed by atoms with van der Waals surface area (Å²) in [5.74, 6) is -1.53. The Morgan fingerprint density at radius 2 is 1.81 bits per heavy atom. The van der Waals surface area contributed by atoms with E-state index in [9.17, 15) is 18.7 Å². The van der Waals surface area contributed by atoms with Gasteiger partial charge in [0.1, 0.15) is 29.0 Å². The van der Waals surface area contributed by atoms with Crippen LogP contribution in [-0.4, -0.2) is 41.7 Å². The molecule has 1 saturated heterocycles. The van der Waals surface area contributed by atoms with Crippen LogP contribution < -0.4 is 5.43 Å². The molecule has 0 spiro atoms. The number of nitrogens with zero attached hydrogens (tertiary/aromatic N) is 1. The Morgan fingerprint density at radius 1 is 1.22 bits per heavy atom. The lowest BCUT2D eigenvalue weighted by Gasteiger charge is -2.21. The second-order valence-corrected chi connectivity index (χ2v) is 6.59. The van der Waals surface area contributed by atoms with Crippen molar-refractivity contribution in [2.24, 2.45) is 0 Å². The van der Waals surface area contributed by atoms with E-state index in [0.29, 0.717) is 0 Å². The molecule has 0 radical (unpaired) electrons. The van der Waals surface area contributed by atoms with Gasteiger partial charge in [0.05, 0.1) is 6.61 Å². The lowest BCUT2D eigenvalue weighted by atomic mass is 10.2. The Hall–Kier alpha value is -2.00. The van der Waals surface area contributed by atoms with Gasteiger partial charge < -0.3 is 9.84 Å². The van der Waals surface area contributed by atoms with Crippen LogP contribution in [0.2, 0.25) is 0 Å². The Labute approximate surface area is 162 Å². The maximum Gasteiger partial charge on any atom is 0.263 e. The molecular formula is C19H24F2N2O3S. The van der Waals surface area contributed by atoms with Crippen molar-refractivity contribution in [3.8, 4) is 0 Å². The molecule has 0 bridgehead atoms. The number of hydrogen-bond acceptors (Lipinski definition) is 5. The van der Waals surface area contributed by atoms with Gasteiger partial charge in [-0.3, -0.25) is 9.80 Å². The number of methoxy groups -OCH3 is 1. The van der Waals surface area contributed by atoms with Gasteiger partial charge in [-0.2, -0.15) is 0 Å². The molecule has 2 unspecified atom stereocenters. The Balaban J connectivity index is 0.000000444. The number of benzene rings is 2. The largest absolute Gasteiger partial charge is 0.393 e. The maximum atomic E-state index is 13.7. The normalized spacial score (nSPS) is 18.3. The van der Waals surface area contributed by atoms with Crippen LogP contribution >= 0.6 is 11.8 Å². The number of halogens is 2. The van der Waals surface area contributed by atoms with Gasteiger partial charge in [-0.05, 0) is 18.2 Å². The second kappa shape index (κ2) is 11.7. The topological polar surface area (TPSA) is 61.8 Å². The molecule has 148 valence electrons. The van der Waals surface area contributed by atoms with Gasteiger partial charge in [-0.25, -0.2) is 14.2 Å². The maximum absolute atomic E-state index is 13.7. The van der Waals surface area contributed by atoms with Crippen molar-refractivity contribution in [3.63, 3.8) is 0 Å². The Morgan fingerprint density at radius 3 is 2.33 bits per heavy atom. The molecule has 2 N–H and O–H groups in total. The minimum Gasteiger partial charge on any atom is -0.393 e. The third kappa shape index (κ3) is 6.59. The Kier molecular flexibility index (Phi) is 9.95. The van der Waals surface area contributed by atoms with E-state index in [1.54, 1.807) is 0 Å². The summed E-state index contributed by atoms with van der Waals surface area (Å²) in [5, 5.41) is 9.23. The van der Waals surface area contributed by atoms with Gasteiger partial charge in [0, 0.05) is 12.7 Å². The minimum atomic E-state index is -0.649. The highest BCUT2D eigenvalue weighted by atomic mass is 32.2. The number of nitrogens with one attached hydrogen (secondary N) is 1. The van der Waals surface area contributed by atoms with Crippen molar-refractivity contribution in [1.29, 1.82) is 0 Å². The van der Waals surface area contributed by atoms with Gasteiger partial charge in [-0.1, -0.05) is 43.8 Å². The van der Waals surface area contributed by atoms with Gasteiger partial charge in [-0.15, -0.1) is 11.8 Å². The highest BCUT2D eigenvalue weighted by Gasteiger charge is 2.37. The molecule has 2 aromatic rings. The minimum absolute atomic E-state index is 0. The Bertz CT molecular complexity index is 680. The first-order valence-corrected chi connectivity index (χ1v) is 8.79. The van der Waals surface area contributed by atoms with Gasteiger partial charge in [0.2, 0.25) is 0 Å². The number of carbonyl (C=O) groups is 1. The third-order valence-electron chi connectivity index (χ3n) is 3.44. The fourth-order valence-corrected chi connectivity index (χ4v) is 3.45. The van der Waals surface area contributed by atoms with Gasteiger partial charge in [0.15, 0.2) is 0 Å². The number of rotatable bonds is 4. The molecule has 1 aliphatic rings. The molecule has 0 saturated carbocycles. The van der Waals surface area contributed by atoms with Crippen LogP contribution in [0.25, 0.3) is 0 Å². The number of carbonyl (C=O) groups excluding carboxylic acids is 1. The van der Waals surface area contributed by atoms with E-state index in [2.05, 4.69) is 5.43 Å².